The number of methoxy groups -OCH3 is 1. The summed E-state index contributed by atoms with van der Waals surface area (Å²) in [4.78, 5) is 22.5. The van der Waals surface area contributed by atoms with Crippen LogP contribution >= 0.6 is 0 Å². The molecule has 1 atom stereocenters. The van der Waals surface area contributed by atoms with E-state index in [0.29, 0.717) is 36.9 Å². The molecule has 0 aliphatic carbocycles. The Kier molecular flexibility index (Phi) is 6.08. The van der Waals surface area contributed by atoms with Crippen LogP contribution in [0.5, 0.6) is 0 Å². The van der Waals surface area contributed by atoms with Crippen LogP contribution in [0.25, 0.3) is 0 Å². The van der Waals surface area contributed by atoms with Crippen molar-refractivity contribution in [1.82, 2.24) is 20.0 Å². The van der Waals surface area contributed by atoms with Crippen molar-refractivity contribution in [3.05, 3.63) is 41.8 Å². The van der Waals surface area contributed by atoms with Crippen LogP contribution in [0.2, 0.25) is 0 Å². The van der Waals surface area contributed by atoms with Crippen LogP contribution in [0.4, 0.5) is 0 Å². The minimum Gasteiger partial charge on any atom is -0.384 e. The Bertz CT molecular complexity index is 676. The number of carbonyl (C=O) groups excluding carboxylic acids is 1. The van der Waals surface area contributed by atoms with E-state index in [-0.39, 0.29) is 18.6 Å². The summed E-state index contributed by atoms with van der Waals surface area (Å²) in [5, 5.41) is 3.88. The standard InChI is InChI=1S/C17H22N4O4/c1-23-10-6-15-19-16(25-20-15)12-24-14-3-2-9-21(11-14)17(22)13-4-7-18-8-5-13/h4-5,7-8,14H,2-3,6,9-12H2,1H3/t14-/m0/s1. The van der Waals surface area contributed by atoms with Crippen LogP contribution < -0.4 is 0 Å². The minimum absolute atomic E-state index is 0.00958. The maximum absolute atomic E-state index is 12.5. The van der Waals surface area contributed by atoms with Gasteiger partial charge in [0.1, 0.15) is 6.61 Å². The van der Waals surface area contributed by atoms with Crippen LogP contribution in [0, 0.1) is 0 Å². The van der Waals surface area contributed by atoms with Gasteiger partial charge in [-0.3, -0.25) is 9.78 Å². The highest BCUT2D eigenvalue weighted by atomic mass is 16.5. The van der Waals surface area contributed by atoms with Crippen molar-refractivity contribution >= 4 is 5.91 Å². The predicted octanol–water partition coefficient (Wildman–Crippen LogP) is 1.47. The molecule has 0 radical (unpaired) electrons. The molecule has 2 aromatic rings. The molecule has 0 bridgehead atoms. The number of amides is 1. The number of hydrogen-bond acceptors (Lipinski definition) is 7. The Hall–Kier alpha value is -2.32. The lowest BCUT2D eigenvalue weighted by molar-refractivity contribution is -0.0153. The Balaban J connectivity index is 1.50. The van der Waals surface area contributed by atoms with Gasteiger partial charge in [0.05, 0.1) is 12.7 Å². The van der Waals surface area contributed by atoms with Gasteiger partial charge in [0, 0.05) is 44.6 Å². The molecule has 0 unspecified atom stereocenters. The van der Waals surface area contributed by atoms with Crippen molar-refractivity contribution in [2.75, 3.05) is 26.8 Å². The van der Waals surface area contributed by atoms with E-state index >= 15 is 0 Å². The number of likely N-dealkylation sites (tertiary alicyclic amines) is 1. The fraction of sp³-hybridized carbons (Fsp3) is 0.529. The van der Waals surface area contributed by atoms with E-state index in [4.69, 9.17) is 14.0 Å². The number of nitrogens with zero attached hydrogens (tertiary/aromatic N) is 4. The second-order valence-corrected chi connectivity index (χ2v) is 5.91. The predicted molar refractivity (Wildman–Crippen MR) is 87.8 cm³/mol. The lowest BCUT2D eigenvalue weighted by Gasteiger charge is -2.32. The summed E-state index contributed by atoms with van der Waals surface area (Å²) in [5.41, 5.74) is 0.648. The van der Waals surface area contributed by atoms with Crippen LogP contribution in [0.3, 0.4) is 0 Å². The number of rotatable bonds is 7. The lowest BCUT2D eigenvalue weighted by Crippen LogP contribution is -2.43. The molecule has 0 N–H and O–H groups in total. The first-order valence-corrected chi connectivity index (χ1v) is 8.37. The molecule has 1 saturated heterocycles. The highest BCUT2D eigenvalue weighted by Gasteiger charge is 2.25. The fourth-order valence-corrected chi connectivity index (χ4v) is 2.77. The molecular weight excluding hydrogens is 324 g/mol. The van der Waals surface area contributed by atoms with Crippen molar-refractivity contribution in [2.24, 2.45) is 0 Å². The average Bonchev–Trinajstić information content (AvgIpc) is 3.13. The van der Waals surface area contributed by atoms with E-state index in [1.165, 1.54) is 0 Å². The molecule has 134 valence electrons. The monoisotopic (exact) mass is 346 g/mol. The third-order valence-electron chi connectivity index (χ3n) is 4.08. The molecule has 2 aromatic heterocycles. The first kappa shape index (κ1) is 17.5. The average molecular weight is 346 g/mol. The Morgan fingerprint density at radius 2 is 2.24 bits per heavy atom. The fourth-order valence-electron chi connectivity index (χ4n) is 2.77. The Morgan fingerprint density at radius 1 is 1.40 bits per heavy atom. The van der Waals surface area contributed by atoms with E-state index < -0.39 is 0 Å². The molecule has 8 nitrogen and oxygen atoms in total. The third kappa shape index (κ3) is 4.83. The summed E-state index contributed by atoms with van der Waals surface area (Å²) in [5.74, 6) is 1.07. The first-order valence-electron chi connectivity index (χ1n) is 8.37. The van der Waals surface area contributed by atoms with E-state index in [0.717, 1.165) is 19.4 Å². The quantitative estimate of drug-likeness (QED) is 0.750. The molecule has 1 amide bonds. The number of pyridine rings is 1. The highest BCUT2D eigenvalue weighted by Crippen LogP contribution is 2.17. The van der Waals surface area contributed by atoms with Crippen LogP contribution in [0.1, 0.15) is 34.9 Å². The zero-order valence-corrected chi connectivity index (χ0v) is 14.3. The van der Waals surface area contributed by atoms with E-state index in [2.05, 4.69) is 15.1 Å². The highest BCUT2D eigenvalue weighted by molar-refractivity contribution is 5.94. The van der Waals surface area contributed by atoms with E-state index in [9.17, 15) is 4.79 Å². The van der Waals surface area contributed by atoms with Gasteiger partial charge in [-0.05, 0) is 25.0 Å². The molecule has 3 heterocycles. The normalized spacial score (nSPS) is 17.6. The van der Waals surface area contributed by atoms with Gasteiger partial charge in [-0.15, -0.1) is 0 Å². The maximum atomic E-state index is 12.5. The number of aromatic nitrogens is 3. The molecule has 1 fully saturated rings. The SMILES string of the molecule is COCCc1noc(CO[C@H]2CCCN(C(=O)c3ccncc3)C2)n1. The lowest BCUT2D eigenvalue weighted by atomic mass is 10.1. The molecule has 8 heteroatoms. The van der Waals surface area contributed by atoms with Crippen LogP contribution in [0.15, 0.2) is 29.0 Å². The van der Waals surface area contributed by atoms with Gasteiger partial charge in [-0.25, -0.2) is 0 Å². The number of ether oxygens (including phenoxy) is 2. The van der Waals surface area contributed by atoms with E-state index in [1.807, 2.05) is 4.90 Å². The number of piperidine rings is 1. The van der Waals surface area contributed by atoms with Gasteiger partial charge in [0.25, 0.3) is 11.8 Å². The smallest absolute Gasteiger partial charge is 0.254 e. The minimum atomic E-state index is -0.0335. The molecule has 1 aliphatic heterocycles. The van der Waals surface area contributed by atoms with Crippen LogP contribution in [-0.2, 0) is 22.5 Å². The summed E-state index contributed by atoms with van der Waals surface area (Å²) in [7, 11) is 1.63. The summed E-state index contributed by atoms with van der Waals surface area (Å²) in [6.07, 6.45) is 5.64. The van der Waals surface area contributed by atoms with Crippen molar-refractivity contribution in [3.8, 4) is 0 Å². The molecule has 0 saturated carbocycles. The summed E-state index contributed by atoms with van der Waals surface area (Å²) < 4.78 is 16.0. The second-order valence-electron chi connectivity index (χ2n) is 5.91. The van der Waals surface area contributed by atoms with E-state index in [1.54, 1.807) is 31.6 Å². The Labute approximate surface area is 146 Å². The first-order chi connectivity index (χ1) is 12.3. The molecule has 0 aromatic carbocycles. The van der Waals surface area contributed by atoms with Crippen molar-refractivity contribution < 1.29 is 18.8 Å². The Morgan fingerprint density at radius 3 is 3.04 bits per heavy atom. The van der Waals surface area contributed by atoms with Gasteiger partial charge in [0.2, 0.25) is 0 Å². The molecule has 0 spiro atoms. The third-order valence-corrected chi connectivity index (χ3v) is 4.08. The summed E-state index contributed by atoms with van der Waals surface area (Å²) in [6.45, 7) is 2.10. The number of carbonyl (C=O) groups is 1. The molecule has 25 heavy (non-hydrogen) atoms. The zero-order chi connectivity index (χ0) is 17.5. The van der Waals surface area contributed by atoms with Gasteiger partial charge in [-0.1, -0.05) is 5.16 Å². The van der Waals surface area contributed by atoms with Crippen LogP contribution in [-0.4, -0.2) is 58.8 Å². The zero-order valence-electron chi connectivity index (χ0n) is 14.3. The van der Waals surface area contributed by atoms with Gasteiger partial charge in [0.15, 0.2) is 5.82 Å². The summed E-state index contributed by atoms with van der Waals surface area (Å²) in [6, 6.07) is 3.46. The van der Waals surface area contributed by atoms with Crippen molar-refractivity contribution in [3.63, 3.8) is 0 Å². The number of hydrogen-bond donors (Lipinski definition) is 0. The second kappa shape index (κ2) is 8.68. The van der Waals surface area contributed by atoms with Crippen molar-refractivity contribution in [1.29, 1.82) is 0 Å². The molecule has 3 rings (SSSR count). The van der Waals surface area contributed by atoms with Gasteiger partial charge < -0.3 is 18.9 Å². The van der Waals surface area contributed by atoms with Gasteiger partial charge in [-0.2, -0.15) is 4.98 Å². The molecular formula is C17H22N4O4. The summed E-state index contributed by atoms with van der Waals surface area (Å²) >= 11 is 0. The topological polar surface area (TPSA) is 90.6 Å². The van der Waals surface area contributed by atoms with Crippen molar-refractivity contribution in [2.45, 2.75) is 32.0 Å². The molecule has 1 aliphatic rings. The maximum Gasteiger partial charge on any atom is 0.254 e. The van der Waals surface area contributed by atoms with Gasteiger partial charge >= 0.3 is 0 Å². The largest absolute Gasteiger partial charge is 0.384 e.